The molecule has 0 unspecified atom stereocenters. The van der Waals surface area contributed by atoms with Crippen molar-refractivity contribution in [2.24, 2.45) is 0 Å². The van der Waals surface area contributed by atoms with Crippen molar-refractivity contribution < 1.29 is 4.79 Å². The summed E-state index contributed by atoms with van der Waals surface area (Å²) in [5.74, 6) is 0.829. The van der Waals surface area contributed by atoms with Crippen LogP contribution in [-0.2, 0) is 12.8 Å². The fraction of sp³-hybridized carbons (Fsp3) is 0.545. The van der Waals surface area contributed by atoms with Crippen LogP contribution in [0.5, 0.6) is 0 Å². The Morgan fingerprint density at radius 2 is 1.83 bits per heavy atom. The maximum absolute atomic E-state index is 12.9. The van der Waals surface area contributed by atoms with Gasteiger partial charge in [-0.1, -0.05) is 18.0 Å². The maximum atomic E-state index is 12.9. The summed E-state index contributed by atoms with van der Waals surface area (Å²) in [5.41, 5.74) is 2.80. The van der Waals surface area contributed by atoms with Crippen LogP contribution in [0.15, 0.2) is 24.5 Å². The Morgan fingerprint density at radius 1 is 1.03 bits per heavy atom. The molecule has 1 saturated carbocycles. The third-order valence-electron chi connectivity index (χ3n) is 6.66. The van der Waals surface area contributed by atoms with E-state index >= 15 is 0 Å². The van der Waals surface area contributed by atoms with Gasteiger partial charge in [0.2, 0.25) is 5.95 Å². The van der Waals surface area contributed by atoms with E-state index in [9.17, 15) is 4.79 Å². The van der Waals surface area contributed by atoms with Crippen LogP contribution in [0.3, 0.4) is 0 Å². The Kier molecular flexibility index (Phi) is 5.56. The van der Waals surface area contributed by atoms with E-state index in [1.165, 1.54) is 19.3 Å². The number of nitrogens with zero attached hydrogens (tertiary/aromatic N) is 6. The molecule has 158 valence electrons. The summed E-state index contributed by atoms with van der Waals surface area (Å²) < 4.78 is 0. The number of hydrogen-bond acceptors (Lipinski definition) is 6. The van der Waals surface area contributed by atoms with Crippen LogP contribution in [0.1, 0.15) is 40.9 Å². The number of rotatable bonds is 3. The number of carbonyl (C=O) groups is 1. The number of piperazine rings is 1. The van der Waals surface area contributed by atoms with Gasteiger partial charge in [-0.25, -0.2) is 15.0 Å². The number of aromatic nitrogens is 3. The lowest BCUT2D eigenvalue weighted by atomic mass is 9.91. The molecular weight excluding hydrogens is 400 g/mol. The van der Waals surface area contributed by atoms with Gasteiger partial charge in [-0.2, -0.15) is 0 Å². The number of pyridine rings is 1. The summed E-state index contributed by atoms with van der Waals surface area (Å²) in [6, 6.07) is 4.15. The first-order chi connectivity index (χ1) is 14.7. The number of halogens is 1. The van der Waals surface area contributed by atoms with Crippen molar-refractivity contribution >= 4 is 23.5 Å². The zero-order valence-electron chi connectivity index (χ0n) is 17.1. The third kappa shape index (κ3) is 4.01. The minimum atomic E-state index is -0.00703. The highest BCUT2D eigenvalue weighted by molar-refractivity contribution is 6.29. The molecule has 1 aliphatic carbocycles. The van der Waals surface area contributed by atoms with Crippen LogP contribution in [0.25, 0.3) is 0 Å². The molecule has 1 saturated heterocycles. The SMILES string of the molecule is O=C(c1ccnc(Cl)c1)N1CCc2cnc(N3CCN(C4CCC4)CC3)nc2CC1. The molecule has 2 aliphatic heterocycles. The van der Waals surface area contributed by atoms with Gasteiger partial charge in [0, 0.05) is 69.7 Å². The van der Waals surface area contributed by atoms with Crippen molar-refractivity contribution in [1.82, 2.24) is 24.8 Å². The Hall–Kier alpha value is -2.25. The molecule has 0 atom stereocenters. The first-order valence-corrected chi connectivity index (χ1v) is 11.3. The average Bonchev–Trinajstić information content (AvgIpc) is 2.95. The summed E-state index contributed by atoms with van der Waals surface area (Å²) in [6.45, 7) is 5.49. The minimum absolute atomic E-state index is 0.00703. The molecule has 7 nitrogen and oxygen atoms in total. The number of fused-ring (bicyclic) bond motifs is 1. The van der Waals surface area contributed by atoms with Gasteiger partial charge in [0.05, 0.1) is 5.69 Å². The normalized spacial score (nSPS) is 20.4. The van der Waals surface area contributed by atoms with Crippen LogP contribution >= 0.6 is 11.6 Å². The highest BCUT2D eigenvalue weighted by Crippen LogP contribution is 2.26. The summed E-state index contributed by atoms with van der Waals surface area (Å²) in [4.78, 5) is 33.2. The monoisotopic (exact) mass is 426 g/mol. The van der Waals surface area contributed by atoms with Gasteiger partial charge in [-0.3, -0.25) is 9.69 Å². The van der Waals surface area contributed by atoms with Crippen LogP contribution in [0.2, 0.25) is 5.15 Å². The molecule has 0 bridgehead atoms. The predicted octanol–water partition coefficient (Wildman–Crippen LogP) is 2.44. The number of amides is 1. The van der Waals surface area contributed by atoms with E-state index in [1.54, 1.807) is 18.3 Å². The molecule has 1 amide bonds. The Balaban J connectivity index is 1.24. The highest BCUT2D eigenvalue weighted by Gasteiger charge is 2.29. The lowest BCUT2D eigenvalue weighted by Gasteiger charge is -2.43. The molecule has 0 radical (unpaired) electrons. The van der Waals surface area contributed by atoms with E-state index in [0.717, 1.165) is 62.3 Å². The lowest BCUT2D eigenvalue weighted by Crippen LogP contribution is -2.52. The van der Waals surface area contributed by atoms with Crippen molar-refractivity contribution in [3.63, 3.8) is 0 Å². The second kappa shape index (κ2) is 8.47. The number of carbonyl (C=O) groups excluding carboxylic acids is 1. The molecule has 0 spiro atoms. The summed E-state index contributed by atoms with van der Waals surface area (Å²) >= 11 is 5.95. The summed E-state index contributed by atoms with van der Waals surface area (Å²) in [6.07, 6.45) is 9.16. The van der Waals surface area contributed by atoms with E-state index in [2.05, 4.69) is 19.8 Å². The summed E-state index contributed by atoms with van der Waals surface area (Å²) in [7, 11) is 0. The van der Waals surface area contributed by atoms with Crippen LogP contribution in [-0.4, -0.2) is 76.0 Å². The predicted molar refractivity (Wildman–Crippen MR) is 116 cm³/mol. The second-order valence-corrected chi connectivity index (χ2v) is 8.80. The minimum Gasteiger partial charge on any atom is -0.338 e. The van der Waals surface area contributed by atoms with E-state index in [1.807, 2.05) is 11.1 Å². The van der Waals surface area contributed by atoms with Crippen molar-refractivity contribution in [1.29, 1.82) is 0 Å². The molecule has 3 aliphatic rings. The van der Waals surface area contributed by atoms with Gasteiger partial charge >= 0.3 is 0 Å². The van der Waals surface area contributed by atoms with E-state index in [-0.39, 0.29) is 5.91 Å². The Bertz CT molecular complexity index is 926. The van der Waals surface area contributed by atoms with Gasteiger partial charge in [-0.15, -0.1) is 0 Å². The first-order valence-electron chi connectivity index (χ1n) is 10.9. The van der Waals surface area contributed by atoms with Gasteiger partial charge in [0.25, 0.3) is 5.91 Å². The molecule has 30 heavy (non-hydrogen) atoms. The molecule has 0 N–H and O–H groups in total. The van der Waals surface area contributed by atoms with Crippen molar-refractivity contribution in [3.8, 4) is 0 Å². The van der Waals surface area contributed by atoms with E-state index < -0.39 is 0 Å². The quantitative estimate of drug-likeness (QED) is 0.702. The van der Waals surface area contributed by atoms with Crippen molar-refractivity contribution in [2.45, 2.75) is 38.1 Å². The average molecular weight is 427 g/mol. The third-order valence-corrected chi connectivity index (χ3v) is 6.87. The zero-order chi connectivity index (χ0) is 20.5. The molecule has 4 heterocycles. The molecular formula is C22H27ClN6O. The molecule has 5 rings (SSSR count). The van der Waals surface area contributed by atoms with Crippen LogP contribution in [0.4, 0.5) is 5.95 Å². The highest BCUT2D eigenvalue weighted by atomic mass is 35.5. The van der Waals surface area contributed by atoms with Gasteiger partial charge in [-0.05, 0) is 37.0 Å². The van der Waals surface area contributed by atoms with Crippen LogP contribution in [0, 0.1) is 0 Å². The topological polar surface area (TPSA) is 65.5 Å². The second-order valence-electron chi connectivity index (χ2n) is 8.41. The first kappa shape index (κ1) is 19.7. The van der Waals surface area contributed by atoms with Gasteiger partial charge < -0.3 is 9.80 Å². The molecule has 2 aromatic heterocycles. The molecule has 0 aromatic carbocycles. The molecule has 2 aromatic rings. The van der Waals surface area contributed by atoms with Gasteiger partial charge in [0.1, 0.15) is 5.15 Å². The Morgan fingerprint density at radius 3 is 2.57 bits per heavy atom. The van der Waals surface area contributed by atoms with Crippen LogP contribution < -0.4 is 4.90 Å². The standard InChI is InChI=1S/C22H27ClN6O/c23-20-14-16(4-7-24-20)21(30)28-8-5-17-15-25-22(26-19(17)6-9-28)29-12-10-27(11-13-29)18-2-1-3-18/h4,7,14-15,18H,1-3,5-6,8-13H2. The smallest absolute Gasteiger partial charge is 0.254 e. The lowest BCUT2D eigenvalue weighted by molar-refractivity contribution is 0.0763. The Labute approximate surface area is 182 Å². The van der Waals surface area contributed by atoms with E-state index in [4.69, 9.17) is 16.6 Å². The summed E-state index contributed by atoms with van der Waals surface area (Å²) in [5, 5.41) is 0.340. The molecule has 8 heteroatoms. The van der Waals surface area contributed by atoms with Gasteiger partial charge in [0.15, 0.2) is 0 Å². The number of anilines is 1. The van der Waals surface area contributed by atoms with E-state index in [0.29, 0.717) is 23.8 Å². The fourth-order valence-electron chi connectivity index (χ4n) is 4.58. The zero-order valence-corrected chi connectivity index (χ0v) is 17.9. The number of hydrogen-bond donors (Lipinski definition) is 0. The van der Waals surface area contributed by atoms with Crippen molar-refractivity contribution in [2.75, 3.05) is 44.2 Å². The van der Waals surface area contributed by atoms with Crippen molar-refractivity contribution in [3.05, 3.63) is 46.5 Å². The molecule has 2 fully saturated rings. The largest absolute Gasteiger partial charge is 0.338 e. The fourth-order valence-corrected chi connectivity index (χ4v) is 4.75. The maximum Gasteiger partial charge on any atom is 0.254 e.